The van der Waals surface area contributed by atoms with Crippen molar-refractivity contribution in [3.8, 4) is 10.6 Å². The van der Waals surface area contributed by atoms with E-state index in [1.165, 1.54) is 11.3 Å². The number of rotatable bonds is 4. The molecule has 0 spiro atoms. The summed E-state index contributed by atoms with van der Waals surface area (Å²) in [4.78, 5) is 21.3. The van der Waals surface area contributed by atoms with E-state index in [-0.39, 0.29) is 5.91 Å². The maximum absolute atomic E-state index is 11.8. The third kappa shape index (κ3) is 2.62. The number of nitrogens with zero attached hydrogens (tertiary/aromatic N) is 2. The molecule has 0 bridgehead atoms. The number of amides is 1. The minimum absolute atomic E-state index is 0.124. The van der Waals surface area contributed by atoms with Crippen LogP contribution in [0.2, 0.25) is 0 Å². The fourth-order valence-electron chi connectivity index (χ4n) is 1.51. The minimum Gasteiger partial charge on any atom is -0.349 e. The molecule has 0 aliphatic carbocycles. The van der Waals surface area contributed by atoms with Gasteiger partial charge in [0.2, 0.25) is 0 Å². The molecule has 0 fully saturated rings. The highest BCUT2D eigenvalue weighted by Gasteiger charge is 2.10. The van der Waals surface area contributed by atoms with E-state index in [0.29, 0.717) is 12.1 Å². The zero-order valence-corrected chi connectivity index (χ0v) is 10.8. The molecule has 4 nitrogen and oxygen atoms in total. The summed E-state index contributed by atoms with van der Waals surface area (Å²) in [6.45, 7) is 5.95. The topological polar surface area (TPSA) is 54.9 Å². The number of pyridine rings is 1. The fourth-order valence-corrected chi connectivity index (χ4v) is 2.28. The van der Waals surface area contributed by atoms with E-state index >= 15 is 0 Å². The normalized spacial score (nSPS) is 10.1. The summed E-state index contributed by atoms with van der Waals surface area (Å²) in [5.41, 5.74) is 4.07. The summed E-state index contributed by atoms with van der Waals surface area (Å²) in [6, 6.07) is 3.47. The van der Waals surface area contributed by atoms with Crippen molar-refractivity contribution in [1.82, 2.24) is 15.3 Å². The molecule has 18 heavy (non-hydrogen) atoms. The molecule has 0 aliphatic heterocycles. The summed E-state index contributed by atoms with van der Waals surface area (Å²) in [7, 11) is 0. The predicted octanol–water partition coefficient (Wildman–Crippen LogP) is 2.43. The van der Waals surface area contributed by atoms with Crippen LogP contribution in [0.4, 0.5) is 0 Å². The maximum Gasteiger partial charge on any atom is 0.251 e. The van der Waals surface area contributed by atoms with Crippen LogP contribution in [-0.4, -0.2) is 22.4 Å². The Morgan fingerprint density at radius 3 is 3.06 bits per heavy atom. The van der Waals surface area contributed by atoms with Gasteiger partial charge in [0, 0.05) is 18.3 Å². The molecule has 0 saturated carbocycles. The van der Waals surface area contributed by atoms with E-state index in [9.17, 15) is 4.79 Å². The lowest BCUT2D eigenvalue weighted by atomic mass is 10.2. The SMILES string of the molecule is C=CCNC(=O)c1ccnc(-c2scnc2C)c1. The monoisotopic (exact) mass is 259 g/mol. The molecule has 0 saturated heterocycles. The number of aryl methyl sites for hydroxylation is 1. The smallest absolute Gasteiger partial charge is 0.251 e. The highest BCUT2D eigenvalue weighted by atomic mass is 32.1. The Morgan fingerprint density at radius 1 is 1.56 bits per heavy atom. The highest BCUT2D eigenvalue weighted by molar-refractivity contribution is 7.13. The molecule has 0 radical (unpaired) electrons. The Hall–Kier alpha value is -2.01. The number of nitrogens with one attached hydrogen (secondary N) is 1. The van der Waals surface area contributed by atoms with Gasteiger partial charge in [-0.05, 0) is 19.1 Å². The summed E-state index contributed by atoms with van der Waals surface area (Å²) in [5, 5.41) is 2.74. The number of hydrogen-bond donors (Lipinski definition) is 1. The maximum atomic E-state index is 11.8. The van der Waals surface area contributed by atoms with Crippen LogP contribution in [0.15, 0.2) is 36.5 Å². The number of aromatic nitrogens is 2. The van der Waals surface area contributed by atoms with Gasteiger partial charge in [-0.15, -0.1) is 17.9 Å². The molecular weight excluding hydrogens is 246 g/mol. The van der Waals surface area contributed by atoms with Crippen molar-refractivity contribution in [3.05, 3.63) is 47.8 Å². The molecule has 2 heterocycles. The first-order valence-electron chi connectivity index (χ1n) is 5.48. The largest absolute Gasteiger partial charge is 0.349 e. The minimum atomic E-state index is -0.124. The van der Waals surface area contributed by atoms with Gasteiger partial charge >= 0.3 is 0 Å². The Bertz CT molecular complexity index is 577. The van der Waals surface area contributed by atoms with E-state index in [4.69, 9.17) is 0 Å². The van der Waals surface area contributed by atoms with E-state index in [0.717, 1.165) is 16.3 Å². The van der Waals surface area contributed by atoms with Crippen LogP contribution in [0.3, 0.4) is 0 Å². The first-order chi connectivity index (χ1) is 8.72. The number of hydrogen-bond acceptors (Lipinski definition) is 4. The third-order valence-electron chi connectivity index (χ3n) is 2.41. The number of carbonyl (C=O) groups is 1. The molecular formula is C13H13N3OS. The van der Waals surface area contributed by atoms with Crippen molar-refractivity contribution < 1.29 is 4.79 Å². The van der Waals surface area contributed by atoms with Crippen molar-refractivity contribution in [1.29, 1.82) is 0 Å². The quantitative estimate of drug-likeness (QED) is 0.858. The average Bonchev–Trinajstić information content (AvgIpc) is 2.82. The van der Waals surface area contributed by atoms with Gasteiger partial charge in [0.25, 0.3) is 5.91 Å². The molecule has 2 aromatic rings. The van der Waals surface area contributed by atoms with Gasteiger partial charge in [0.1, 0.15) is 0 Å². The molecule has 1 N–H and O–H groups in total. The molecule has 0 unspecified atom stereocenters. The Balaban J connectivity index is 2.28. The molecule has 92 valence electrons. The molecule has 2 aromatic heterocycles. The van der Waals surface area contributed by atoms with Crippen LogP contribution in [0.1, 0.15) is 16.1 Å². The molecule has 2 rings (SSSR count). The van der Waals surface area contributed by atoms with E-state index in [1.54, 1.807) is 29.9 Å². The summed E-state index contributed by atoms with van der Waals surface area (Å²) in [5.74, 6) is -0.124. The Labute approximate surface area is 109 Å². The van der Waals surface area contributed by atoms with Crippen LogP contribution in [0.5, 0.6) is 0 Å². The van der Waals surface area contributed by atoms with Gasteiger partial charge in [-0.3, -0.25) is 9.78 Å². The Kier molecular flexibility index (Phi) is 3.84. The van der Waals surface area contributed by atoms with E-state index < -0.39 is 0 Å². The number of carbonyl (C=O) groups excluding carboxylic acids is 1. The predicted molar refractivity (Wildman–Crippen MR) is 72.6 cm³/mol. The zero-order valence-electron chi connectivity index (χ0n) is 10.0. The molecule has 0 atom stereocenters. The van der Waals surface area contributed by atoms with Crippen LogP contribution in [0.25, 0.3) is 10.6 Å². The lowest BCUT2D eigenvalue weighted by Crippen LogP contribution is -2.23. The first kappa shape index (κ1) is 12.4. The Morgan fingerprint density at radius 2 is 2.39 bits per heavy atom. The molecule has 1 amide bonds. The van der Waals surface area contributed by atoms with Crippen molar-refractivity contribution in [3.63, 3.8) is 0 Å². The number of thiazole rings is 1. The lowest BCUT2D eigenvalue weighted by molar-refractivity contribution is 0.0958. The van der Waals surface area contributed by atoms with Crippen LogP contribution < -0.4 is 5.32 Å². The van der Waals surface area contributed by atoms with Crippen LogP contribution >= 0.6 is 11.3 Å². The standard InChI is InChI=1S/C13H13N3OS/c1-3-5-15-13(17)10-4-6-14-11(7-10)12-9(2)16-8-18-12/h3-4,6-8H,1,5H2,2H3,(H,15,17). The van der Waals surface area contributed by atoms with Crippen molar-refractivity contribution in [2.75, 3.05) is 6.54 Å². The second-order valence-corrected chi connectivity index (χ2v) is 4.55. The van der Waals surface area contributed by atoms with Crippen LogP contribution in [-0.2, 0) is 0 Å². The van der Waals surface area contributed by atoms with Gasteiger partial charge in [0.15, 0.2) is 0 Å². The van der Waals surface area contributed by atoms with Gasteiger partial charge in [-0.2, -0.15) is 0 Å². The zero-order chi connectivity index (χ0) is 13.0. The van der Waals surface area contributed by atoms with Gasteiger partial charge in [0.05, 0.1) is 21.8 Å². The fraction of sp³-hybridized carbons (Fsp3) is 0.154. The second-order valence-electron chi connectivity index (χ2n) is 3.70. The second kappa shape index (κ2) is 5.55. The average molecular weight is 259 g/mol. The lowest BCUT2D eigenvalue weighted by Gasteiger charge is -2.04. The first-order valence-corrected chi connectivity index (χ1v) is 6.36. The van der Waals surface area contributed by atoms with Crippen molar-refractivity contribution >= 4 is 17.2 Å². The van der Waals surface area contributed by atoms with Crippen molar-refractivity contribution in [2.45, 2.75) is 6.92 Å². The molecule has 0 aromatic carbocycles. The summed E-state index contributed by atoms with van der Waals surface area (Å²) >= 11 is 1.52. The van der Waals surface area contributed by atoms with Crippen LogP contribution in [0, 0.1) is 6.92 Å². The van der Waals surface area contributed by atoms with E-state index in [1.807, 2.05) is 6.92 Å². The highest BCUT2D eigenvalue weighted by Crippen LogP contribution is 2.25. The van der Waals surface area contributed by atoms with E-state index in [2.05, 4.69) is 21.9 Å². The van der Waals surface area contributed by atoms with Gasteiger partial charge < -0.3 is 5.32 Å². The van der Waals surface area contributed by atoms with Gasteiger partial charge in [-0.25, -0.2) is 4.98 Å². The molecule has 5 heteroatoms. The third-order valence-corrected chi connectivity index (χ3v) is 3.36. The summed E-state index contributed by atoms with van der Waals surface area (Å²) < 4.78 is 0. The van der Waals surface area contributed by atoms with Gasteiger partial charge in [-0.1, -0.05) is 6.08 Å². The summed E-state index contributed by atoms with van der Waals surface area (Å²) in [6.07, 6.45) is 3.28. The molecule has 0 aliphatic rings. The van der Waals surface area contributed by atoms with Crippen molar-refractivity contribution in [2.24, 2.45) is 0 Å².